The summed E-state index contributed by atoms with van der Waals surface area (Å²) in [5, 5.41) is 12.2. The van der Waals surface area contributed by atoms with Crippen LogP contribution < -0.4 is 4.74 Å². The molecule has 27 heavy (non-hydrogen) atoms. The van der Waals surface area contributed by atoms with E-state index in [4.69, 9.17) is 18.9 Å². The molecule has 0 fully saturated rings. The van der Waals surface area contributed by atoms with E-state index >= 15 is 0 Å². The van der Waals surface area contributed by atoms with Crippen molar-refractivity contribution in [3.05, 3.63) is 34.9 Å². The van der Waals surface area contributed by atoms with Crippen molar-refractivity contribution in [2.75, 3.05) is 20.8 Å². The zero-order valence-electron chi connectivity index (χ0n) is 16.4. The molecule has 1 aromatic carbocycles. The first-order valence-electron chi connectivity index (χ1n) is 8.92. The summed E-state index contributed by atoms with van der Waals surface area (Å²) < 4.78 is 22.2. The second kappa shape index (κ2) is 8.60. The van der Waals surface area contributed by atoms with E-state index in [2.05, 4.69) is 15.4 Å². The Balaban J connectivity index is 1.58. The first-order chi connectivity index (χ1) is 13.0. The molecule has 8 heteroatoms. The summed E-state index contributed by atoms with van der Waals surface area (Å²) in [4.78, 5) is 1.45. The Hall–Kier alpha value is -2.29. The fourth-order valence-electron chi connectivity index (χ4n) is 3.19. The maximum atomic E-state index is 6.04. The van der Waals surface area contributed by atoms with Crippen molar-refractivity contribution in [1.29, 1.82) is 0 Å². The molecule has 146 valence electrons. The van der Waals surface area contributed by atoms with E-state index in [1.165, 1.54) is 4.80 Å². The first-order valence-corrected chi connectivity index (χ1v) is 8.92. The van der Waals surface area contributed by atoms with Gasteiger partial charge in [0.2, 0.25) is 5.82 Å². The van der Waals surface area contributed by atoms with Crippen molar-refractivity contribution in [3.63, 3.8) is 0 Å². The van der Waals surface area contributed by atoms with Gasteiger partial charge in [-0.25, -0.2) is 0 Å². The van der Waals surface area contributed by atoms with Gasteiger partial charge in [-0.2, -0.15) is 4.80 Å². The molecule has 0 spiro atoms. The normalized spacial score (nSPS) is 19.4. The standard InChI is InChI=1S/C19H26N4O4/c1-12-9-15(18-20-22-23(3)21-18)10-13(2)17(12)26-8-6-7-14-11-16(24-4)27-19(14)25-5/h9-11,16,19H,6-8H2,1-5H3. The number of tetrazole rings is 1. The van der Waals surface area contributed by atoms with Crippen LogP contribution in [0.5, 0.6) is 5.75 Å². The van der Waals surface area contributed by atoms with Gasteiger partial charge in [-0.15, -0.1) is 10.2 Å². The number of hydrogen-bond donors (Lipinski definition) is 0. The lowest BCUT2D eigenvalue weighted by atomic mass is 10.1. The Morgan fingerprint density at radius 3 is 2.48 bits per heavy atom. The van der Waals surface area contributed by atoms with Gasteiger partial charge in [0.1, 0.15) is 5.75 Å². The number of benzene rings is 1. The van der Waals surface area contributed by atoms with Crippen molar-refractivity contribution in [3.8, 4) is 17.1 Å². The van der Waals surface area contributed by atoms with Crippen LogP contribution >= 0.6 is 0 Å². The average molecular weight is 374 g/mol. The molecule has 0 bridgehead atoms. The number of hydrogen-bond acceptors (Lipinski definition) is 7. The number of ether oxygens (including phenoxy) is 4. The molecule has 0 radical (unpaired) electrons. The third kappa shape index (κ3) is 4.52. The van der Waals surface area contributed by atoms with E-state index in [0.29, 0.717) is 12.4 Å². The van der Waals surface area contributed by atoms with E-state index in [0.717, 1.165) is 40.9 Å². The number of rotatable bonds is 8. The second-order valence-electron chi connectivity index (χ2n) is 6.54. The van der Waals surface area contributed by atoms with Crippen molar-refractivity contribution < 1.29 is 18.9 Å². The van der Waals surface area contributed by atoms with Gasteiger partial charge in [0.05, 0.1) is 13.7 Å². The number of methoxy groups -OCH3 is 2. The highest BCUT2D eigenvalue weighted by atomic mass is 16.8. The SMILES string of the molecule is COC1C=C(CCCOc2c(C)cc(-c3nnn(C)n3)cc2C)C(OC)O1. The molecule has 2 heterocycles. The van der Waals surface area contributed by atoms with Crippen LogP contribution in [-0.4, -0.2) is 53.6 Å². The fraction of sp³-hybridized carbons (Fsp3) is 0.526. The van der Waals surface area contributed by atoms with Crippen LogP contribution in [0.2, 0.25) is 0 Å². The van der Waals surface area contributed by atoms with E-state index in [1.807, 2.05) is 32.1 Å². The molecule has 1 aromatic heterocycles. The molecule has 0 aliphatic carbocycles. The summed E-state index contributed by atoms with van der Waals surface area (Å²) in [6, 6.07) is 4.05. The minimum absolute atomic E-state index is 0.336. The topological polar surface area (TPSA) is 80.5 Å². The zero-order valence-corrected chi connectivity index (χ0v) is 16.4. The summed E-state index contributed by atoms with van der Waals surface area (Å²) in [7, 11) is 5.00. The van der Waals surface area contributed by atoms with Crippen molar-refractivity contribution in [2.24, 2.45) is 7.05 Å². The summed E-state index contributed by atoms with van der Waals surface area (Å²) in [6.45, 7) is 4.66. The van der Waals surface area contributed by atoms with Crippen LogP contribution in [0.3, 0.4) is 0 Å². The minimum atomic E-state index is -0.336. The van der Waals surface area contributed by atoms with E-state index in [9.17, 15) is 0 Å². The third-order valence-electron chi connectivity index (χ3n) is 4.44. The van der Waals surface area contributed by atoms with Gasteiger partial charge >= 0.3 is 0 Å². The summed E-state index contributed by atoms with van der Waals surface area (Å²) in [6.07, 6.45) is 2.98. The molecule has 8 nitrogen and oxygen atoms in total. The zero-order chi connectivity index (χ0) is 19.4. The molecule has 2 aromatic rings. The van der Waals surface area contributed by atoms with Crippen molar-refractivity contribution in [2.45, 2.75) is 39.3 Å². The molecule has 1 aliphatic heterocycles. The molecule has 0 saturated heterocycles. The van der Waals surface area contributed by atoms with Crippen molar-refractivity contribution >= 4 is 0 Å². The predicted octanol–water partition coefficient (Wildman–Crippen LogP) is 2.55. The van der Waals surface area contributed by atoms with Gasteiger partial charge in [-0.05, 0) is 66.8 Å². The Bertz CT molecular complexity index is 795. The lowest BCUT2D eigenvalue weighted by Crippen LogP contribution is -2.17. The quantitative estimate of drug-likeness (QED) is 0.519. The van der Waals surface area contributed by atoms with Gasteiger partial charge in [-0.1, -0.05) is 0 Å². The number of nitrogens with zero attached hydrogens (tertiary/aromatic N) is 4. The predicted molar refractivity (Wildman–Crippen MR) is 99.2 cm³/mol. The van der Waals surface area contributed by atoms with Gasteiger partial charge in [-0.3, -0.25) is 0 Å². The Labute approximate surface area is 159 Å². The average Bonchev–Trinajstić information content (AvgIpc) is 3.26. The highest BCUT2D eigenvalue weighted by Gasteiger charge is 2.26. The maximum Gasteiger partial charge on any atom is 0.204 e. The number of aryl methyl sites for hydroxylation is 3. The van der Waals surface area contributed by atoms with Crippen LogP contribution in [0.1, 0.15) is 24.0 Å². The molecule has 0 saturated carbocycles. The van der Waals surface area contributed by atoms with Crippen LogP contribution in [-0.2, 0) is 21.3 Å². The first kappa shape index (κ1) is 19.5. The van der Waals surface area contributed by atoms with E-state index < -0.39 is 0 Å². The highest BCUT2D eigenvalue weighted by Crippen LogP contribution is 2.29. The largest absolute Gasteiger partial charge is 0.493 e. The van der Waals surface area contributed by atoms with Crippen LogP contribution in [0, 0.1) is 13.8 Å². The second-order valence-corrected chi connectivity index (χ2v) is 6.54. The van der Waals surface area contributed by atoms with Gasteiger partial charge in [0.25, 0.3) is 0 Å². The van der Waals surface area contributed by atoms with Crippen LogP contribution in [0.25, 0.3) is 11.4 Å². The number of aromatic nitrogens is 4. The molecule has 0 amide bonds. The molecule has 0 N–H and O–H groups in total. The minimum Gasteiger partial charge on any atom is -0.493 e. The Kier molecular flexibility index (Phi) is 6.20. The molecule has 2 unspecified atom stereocenters. The highest BCUT2D eigenvalue weighted by molar-refractivity contribution is 5.60. The fourth-order valence-corrected chi connectivity index (χ4v) is 3.19. The van der Waals surface area contributed by atoms with Crippen LogP contribution in [0.4, 0.5) is 0 Å². The van der Waals surface area contributed by atoms with Crippen LogP contribution in [0.15, 0.2) is 23.8 Å². The molecule has 3 rings (SSSR count). The smallest absolute Gasteiger partial charge is 0.204 e. The monoisotopic (exact) mass is 374 g/mol. The maximum absolute atomic E-state index is 6.04. The summed E-state index contributed by atoms with van der Waals surface area (Å²) in [5.74, 6) is 1.51. The molecule has 2 atom stereocenters. The third-order valence-corrected chi connectivity index (χ3v) is 4.44. The Morgan fingerprint density at radius 2 is 1.89 bits per heavy atom. The molecular weight excluding hydrogens is 348 g/mol. The molecular formula is C19H26N4O4. The lowest BCUT2D eigenvalue weighted by Gasteiger charge is -2.15. The Morgan fingerprint density at radius 1 is 1.15 bits per heavy atom. The van der Waals surface area contributed by atoms with Crippen molar-refractivity contribution in [1.82, 2.24) is 20.2 Å². The lowest BCUT2D eigenvalue weighted by molar-refractivity contribution is -0.177. The van der Waals surface area contributed by atoms with Gasteiger partial charge in [0.15, 0.2) is 12.6 Å². The molecule has 1 aliphatic rings. The van der Waals surface area contributed by atoms with E-state index in [1.54, 1.807) is 21.3 Å². The van der Waals surface area contributed by atoms with Gasteiger partial charge in [0, 0.05) is 19.8 Å². The van der Waals surface area contributed by atoms with E-state index in [-0.39, 0.29) is 12.6 Å². The summed E-state index contributed by atoms with van der Waals surface area (Å²) in [5.41, 5.74) is 4.13. The van der Waals surface area contributed by atoms with Gasteiger partial charge < -0.3 is 18.9 Å². The summed E-state index contributed by atoms with van der Waals surface area (Å²) >= 11 is 0.